The summed E-state index contributed by atoms with van der Waals surface area (Å²) in [6, 6.07) is 0.670. The second kappa shape index (κ2) is 8.71. The number of rotatable bonds is 10. The first kappa shape index (κ1) is 18.4. The van der Waals surface area contributed by atoms with E-state index in [1.165, 1.54) is 6.42 Å². The van der Waals surface area contributed by atoms with E-state index in [0.717, 1.165) is 52.1 Å². The summed E-state index contributed by atoms with van der Waals surface area (Å²) in [6.07, 6.45) is 3.03. The summed E-state index contributed by atoms with van der Waals surface area (Å²) >= 11 is 0. The molecule has 1 aliphatic rings. The van der Waals surface area contributed by atoms with E-state index >= 15 is 0 Å². The Morgan fingerprint density at radius 3 is 2.57 bits per heavy atom. The lowest BCUT2D eigenvalue weighted by Gasteiger charge is -2.30. The van der Waals surface area contributed by atoms with Gasteiger partial charge in [0.2, 0.25) is 5.91 Å². The number of hydrogen-bond donors (Lipinski definition) is 2. The molecular formula is C16H34N4O. The van der Waals surface area contributed by atoms with E-state index in [9.17, 15) is 4.79 Å². The van der Waals surface area contributed by atoms with Gasteiger partial charge >= 0.3 is 0 Å². The van der Waals surface area contributed by atoms with Crippen LogP contribution >= 0.6 is 0 Å². The van der Waals surface area contributed by atoms with Crippen LogP contribution in [0, 0.1) is 0 Å². The number of nitrogens with two attached hydrogens (primary N) is 1. The predicted molar refractivity (Wildman–Crippen MR) is 88.3 cm³/mol. The van der Waals surface area contributed by atoms with Crippen molar-refractivity contribution in [1.82, 2.24) is 15.1 Å². The highest BCUT2D eigenvalue weighted by atomic mass is 16.1. The first-order valence-corrected chi connectivity index (χ1v) is 8.48. The van der Waals surface area contributed by atoms with Crippen molar-refractivity contribution in [2.24, 2.45) is 5.73 Å². The Bertz CT molecular complexity index is 319. The molecule has 3 N–H and O–H groups in total. The minimum Gasteiger partial charge on any atom is -0.368 e. The second-order valence-corrected chi connectivity index (χ2v) is 6.34. The van der Waals surface area contributed by atoms with Crippen LogP contribution in [-0.2, 0) is 4.79 Å². The molecule has 0 aromatic rings. The second-order valence-electron chi connectivity index (χ2n) is 6.34. The molecule has 1 rings (SSSR count). The number of carbonyl (C=O) groups is 1. The highest BCUT2D eigenvalue weighted by Gasteiger charge is 2.32. The van der Waals surface area contributed by atoms with E-state index in [-0.39, 0.29) is 5.91 Å². The number of amides is 1. The Morgan fingerprint density at radius 1 is 1.38 bits per heavy atom. The monoisotopic (exact) mass is 298 g/mol. The fourth-order valence-corrected chi connectivity index (χ4v) is 3.13. The zero-order valence-corrected chi connectivity index (χ0v) is 14.3. The van der Waals surface area contributed by atoms with Gasteiger partial charge in [0.15, 0.2) is 0 Å². The lowest BCUT2D eigenvalue weighted by atomic mass is 9.96. The van der Waals surface area contributed by atoms with Gasteiger partial charge in [-0.2, -0.15) is 0 Å². The summed E-state index contributed by atoms with van der Waals surface area (Å²) in [5.74, 6) is -0.240. The van der Waals surface area contributed by atoms with Crippen LogP contribution in [0.15, 0.2) is 0 Å². The van der Waals surface area contributed by atoms with Crippen molar-refractivity contribution in [3.8, 4) is 0 Å². The van der Waals surface area contributed by atoms with Gasteiger partial charge in [0, 0.05) is 19.1 Å². The van der Waals surface area contributed by atoms with Crippen LogP contribution in [0.1, 0.15) is 47.0 Å². The zero-order chi connectivity index (χ0) is 15.9. The molecule has 1 fully saturated rings. The molecule has 1 heterocycles. The first-order valence-electron chi connectivity index (χ1n) is 8.48. The fourth-order valence-electron chi connectivity index (χ4n) is 3.13. The molecule has 2 atom stereocenters. The average Bonchev–Trinajstić information content (AvgIpc) is 2.93. The van der Waals surface area contributed by atoms with Crippen LogP contribution in [0.5, 0.6) is 0 Å². The van der Waals surface area contributed by atoms with Crippen LogP contribution in [0.2, 0.25) is 0 Å². The predicted octanol–water partition coefficient (Wildman–Crippen LogP) is 1.04. The van der Waals surface area contributed by atoms with E-state index in [4.69, 9.17) is 5.73 Å². The fraction of sp³-hybridized carbons (Fsp3) is 0.938. The van der Waals surface area contributed by atoms with Gasteiger partial charge in [-0.3, -0.25) is 9.69 Å². The van der Waals surface area contributed by atoms with Crippen LogP contribution in [-0.4, -0.2) is 66.6 Å². The van der Waals surface area contributed by atoms with Crippen molar-refractivity contribution in [1.29, 1.82) is 0 Å². The maximum Gasteiger partial charge on any atom is 0.237 e. The molecule has 5 nitrogen and oxygen atoms in total. The molecule has 0 spiro atoms. The Hall–Kier alpha value is -0.650. The van der Waals surface area contributed by atoms with Crippen molar-refractivity contribution in [2.45, 2.75) is 58.5 Å². The van der Waals surface area contributed by atoms with E-state index in [2.05, 4.69) is 35.9 Å². The molecule has 1 amide bonds. The largest absolute Gasteiger partial charge is 0.368 e. The standard InChI is InChI=1S/C16H34N4O/c1-5-10-18-16(4,15(17)21)9-12-19-11-8-14(13-19)20(6-2)7-3/h14,18H,5-13H2,1-4H3,(H2,17,21). The summed E-state index contributed by atoms with van der Waals surface area (Å²) in [5, 5.41) is 3.31. The van der Waals surface area contributed by atoms with Gasteiger partial charge in [-0.1, -0.05) is 20.8 Å². The van der Waals surface area contributed by atoms with E-state index in [0.29, 0.717) is 6.04 Å². The maximum atomic E-state index is 11.7. The molecule has 21 heavy (non-hydrogen) atoms. The lowest BCUT2D eigenvalue weighted by Crippen LogP contribution is -2.54. The van der Waals surface area contributed by atoms with Gasteiger partial charge in [-0.05, 0) is 52.4 Å². The van der Waals surface area contributed by atoms with Gasteiger partial charge in [-0.25, -0.2) is 0 Å². The van der Waals surface area contributed by atoms with E-state index < -0.39 is 5.54 Å². The molecular weight excluding hydrogens is 264 g/mol. The maximum absolute atomic E-state index is 11.7. The van der Waals surface area contributed by atoms with Crippen molar-refractivity contribution in [3.05, 3.63) is 0 Å². The third-order valence-corrected chi connectivity index (χ3v) is 4.81. The molecule has 0 aliphatic carbocycles. The summed E-state index contributed by atoms with van der Waals surface area (Å²) in [6.45, 7) is 14.7. The minimum absolute atomic E-state index is 0.240. The summed E-state index contributed by atoms with van der Waals surface area (Å²) < 4.78 is 0. The van der Waals surface area contributed by atoms with Crippen molar-refractivity contribution in [3.63, 3.8) is 0 Å². The molecule has 2 unspecified atom stereocenters. The summed E-state index contributed by atoms with van der Waals surface area (Å²) in [5.41, 5.74) is 5.01. The van der Waals surface area contributed by atoms with Crippen molar-refractivity contribution in [2.75, 3.05) is 39.3 Å². The highest BCUT2D eigenvalue weighted by molar-refractivity contribution is 5.84. The summed E-state index contributed by atoms with van der Waals surface area (Å²) in [7, 11) is 0. The van der Waals surface area contributed by atoms with Gasteiger partial charge in [0.05, 0.1) is 5.54 Å². The minimum atomic E-state index is -0.580. The highest BCUT2D eigenvalue weighted by Crippen LogP contribution is 2.18. The van der Waals surface area contributed by atoms with Gasteiger partial charge in [0.25, 0.3) is 0 Å². The number of primary amides is 1. The molecule has 1 saturated heterocycles. The van der Waals surface area contributed by atoms with Crippen molar-refractivity contribution < 1.29 is 4.79 Å². The Kier molecular flexibility index (Phi) is 7.63. The average molecular weight is 298 g/mol. The number of likely N-dealkylation sites (tertiary alicyclic amines) is 1. The van der Waals surface area contributed by atoms with Crippen LogP contribution in [0.4, 0.5) is 0 Å². The Balaban J connectivity index is 2.45. The number of hydrogen-bond acceptors (Lipinski definition) is 4. The lowest BCUT2D eigenvalue weighted by molar-refractivity contribution is -0.124. The van der Waals surface area contributed by atoms with Crippen molar-refractivity contribution >= 4 is 5.91 Å². The quantitative estimate of drug-likeness (QED) is 0.632. The molecule has 0 bridgehead atoms. The Labute approximate surface area is 130 Å². The van der Waals surface area contributed by atoms with Gasteiger partial charge in [-0.15, -0.1) is 0 Å². The number of likely N-dealkylation sites (N-methyl/N-ethyl adjacent to an activating group) is 1. The van der Waals surface area contributed by atoms with Crippen LogP contribution < -0.4 is 11.1 Å². The number of carbonyl (C=O) groups excluding carboxylic acids is 1. The SMILES string of the molecule is CCCNC(C)(CCN1CCC(N(CC)CC)C1)C(N)=O. The van der Waals surface area contributed by atoms with E-state index in [1.807, 2.05) is 6.92 Å². The number of nitrogens with one attached hydrogen (secondary N) is 1. The molecule has 0 aromatic heterocycles. The number of nitrogens with zero attached hydrogens (tertiary/aromatic N) is 2. The Morgan fingerprint density at radius 2 is 2.05 bits per heavy atom. The molecule has 0 saturated carbocycles. The molecule has 0 aromatic carbocycles. The molecule has 0 radical (unpaired) electrons. The normalized spacial score (nSPS) is 22.6. The zero-order valence-electron chi connectivity index (χ0n) is 14.3. The first-order chi connectivity index (χ1) is 9.96. The topological polar surface area (TPSA) is 61.6 Å². The smallest absolute Gasteiger partial charge is 0.237 e. The molecule has 124 valence electrons. The van der Waals surface area contributed by atoms with Gasteiger partial charge in [0.1, 0.15) is 0 Å². The summed E-state index contributed by atoms with van der Waals surface area (Å²) in [4.78, 5) is 16.7. The van der Waals surface area contributed by atoms with Crippen LogP contribution in [0.3, 0.4) is 0 Å². The molecule has 1 aliphatic heterocycles. The van der Waals surface area contributed by atoms with E-state index in [1.54, 1.807) is 0 Å². The van der Waals surface area contributed by atoms with Gasteiger partial charge < -0.3 is 16.0 Å². The third kappa shape index (κ3) is 5.24. The third-order valence-electron chi connectivity index (χ3n) is 4.81. The van der Waals surface area contributed by atoms with Crippen LogP contribution in [0.25, 0.3) is 0 Å². The molecule has 5 heteroatoms.